The molecular weight excluding hydrogens is 840 g/mol. The van der Waals surface area contributed by atoms with Crippen molar-refractivity contribution in [1.29, 1.82) is 0 Å². The number of esters is 3. The zero-order chi connectivity index (χ0) is 46.5. The third-order valence-corrected chi connectivity index (χ3v) is 11.6. The van der Waals surface area contributed by atoms with Gasteiger partial charge in [0.2, 0.25) is 0 Å². The number of carbonyl (C=O) groups excluding carboxylic acids is 3. The molecule has 0 radical (unpaired) electrons. The van der Waals surface area contributed by atoms with Gasteiger partial charge >= 0.3 is 25.7 Å². The van der Waals surface area contributed by atoms with Crippen LogP contribution in [0.4, 0.5) is 0 Å². The Labute approximate surface area is 380 Å². The molecule has 0 bridgehead atoms. The minimum Gasteiger partial charge on any atom is -0.424 e. The topological polar surface area (TPSA) is 124 Å². The Kier molecular flexibility index (Phi) is 15.5. The summed E-state index contributed by atoms with van der Waals surface area (Å²) in [7, 11) is -5.67. The molecule has 10 nitrogen and oxygen atoms in total. The number of carbonyl (C=O) groups is 3. The van der Waals surface area contributed by atoms with Crippen LogP contribution in [0.15, 0.2) is 218 Å². The number of benzene rings is 6. The van der Waals surface area contributed by atoms with Crippen LogP contribution in [0.5, 0.6) is 0 Å². The van der Waals surface area contributed by atoms with Gasteiger partial charge in [-0.25, -0.2) is 32.5 Å². The van der Waals surface area contributed by atoms with Gasteiger partial charge in [0.1, 0.15) is 0 Å². The molecule has 332 valence electrons. The number of hydrogen-bond acceptors (Lipinski definition) is 10. The second kappa shape index (κ2) is 21.2. The molecule has 3 atom stereocenters. The third-order valence-electron chi connectivity index (χ3n) is 10.1. The Balaban J connectivity index is 1.73. The van der Waals surface area contributed by atoms with E-state index in [1.165, 1.54) is 20.8 Å². The fourth-order valence-electron chi connectivity index (χ4n) is 6.88. The Hall–Kier alpha value is -6.94. The van der Waals surface area contributed by atoms with Crippen molar-refractivity contribution >= 4 is 25.7 Å². The van der Waals surface area contributed by atoms with Gasteiger partial charge in [-0.15, -0.1) is 0 Å². The van der Waals surface area contributed by atoms with Gasteiger partial charge in [0, 0.05) is 52.7 Å². The molecule has 0 N–H and O–H groups in total. The molecule has 0 aliphatic heterocycles. The van der Waals surface area contributed by atoms with E-state index in [1.54, 1.807) is 164 Å². The summed E-state index contributed by atoms with van der Waals surface area (Å²) in [5, 5.41) is 0. The molecule has 0 aliphatic rings. The van der Waals surface area contributed by atoms with Gasteiger partial charge in [0.15, 0.2) is 0 Å². The van der Waals surface area contributed by atoms with E-state index in [1.807, 2.05) is 18.2 Å². The molecule has 11 heteroatoms. The van der Waals surface area contributed by atoms with E-state index < -0.39 is 43.1 Å². The van der Waals surface area contributed by atoms with Crippen molar-refractivity contribution in [1.82, 2.24) is 0 Å². The molecule has 6 rings (SSSR count). The summed E-state index contributed by atoms with van der Waals surface area (Å²) in [5.41, 5.74) is 2.37. The van der Waals surface area contributed by atoms with Gasteiger partial charge in [0.25, 0.3) is 17.4 Å². The molecule has 0 fully saturated rings. The fraction of sp³-hybridized carbons (Fsp3) is 0.167. The van der Waals surface area contributed by atoms with Crippen LogP contribution in [0, 0.1) is 0 Å². The number of phosphoric acid groups is 1. The second-order valence-corrected chi connectivity index (χ2v) is 17.0. The van der Waals surface area contributed by atoms with E-state index in [0.29, 0.717) is 16.7 Å². The van der Waals surface area contributed by atoms with Crippen molar-refractivity contribution in [3.05, 3.63) is 252 Å². The zero-order valence-corrected chi connectivity index (χ0v) is 37.5. The van der Waals surface area contributed by atoms with E-state index in [9.17, 15) is 14.4 Å². The highest BCUT2D eigenvalue weighted by Crippen LogP contribution is 2.64. The quantitative estimate of drug-likeness (QED) is 0.0227. The number of ether oxygens (including phenoxy) is 3. The van der Waals surface area contributed by atoms with Crippen molar-refractivity contribution in [2.24, 2.45) is 0 Å². The average molecular weight is 891 g/mol. The smallest absolute Gasteiger partial charge is 0.424 e. The molecule has 0 spiro atoms. The molecule has 0 saturated carbocycles. The fourth-order valence-corrected chi connectivity index (χ4v) is 8.70. The molecule has 0 saturated heterocycles. The van der Waals surface area contributed by atoms with Crippen molar-refractivity contribution in [3.63, 3.8) is 0 Å². The molecule has 0 heterocycles. The summed E-state index contributed by atoms with van der Waals surface area (Å²) < 4.78 is 57.0. The molecule has 6 aromatic carbocycles. The highest BCUT2D eigenvalue weighted by atomic mass is 31.2. The van der Waals surface area contributed by atoms with Gasteiger partial charge in [-0.05, 0) is 37.5 Å². The SMILES string of the molecule is C=C(C)C(=O)OC(Cc1ccccc1)(OP(=O)(OC(Cc1ccccc1)(OC(=O)C(=C)C)c1ccccc1)OC(Cc1ccccc1)(OC(=O)C(=C)C)c1ccccc1)c1ccccc1. The Morgan fingerprint density at radius 2 is 0.585 bits per heavy atom. The largest absolute Gasteiger partial charge is 0.485 e. The van der Waals surface area contributed by atoms with Crippen LogP contribution in [-0.4, -0.2) is 17.9 Å². The first kappa shape index (κ1) is 47.5. The third kappa shape index (κ3) is 12.2. The minimum atomic E-state index is -5.67. The lowest BCUT2D eigenvalue weighted by Crippen LogP contribution is -2.44. The first-order valence-electron chi connectivity index (χ1n) is 20.8. The highest BCUT2D eigenvalue weighted by molar-refractivity contribution is 7.48. The Bertz CT molecular complexity index is 2350. The van der Waals surface area contributed by atoms with Gasteiger partial charge in [-0.3, -0.25) is 0 Å². The van der Waals surface area contributed by atoms with Crippen molar-refractivity contribution in [2.75, 3.05) is 0 Å². The summed E-state index contributed by atoms with van der Waals surface area (Å²) in [6.45, 7) is 15.9. The predicted octanol–water partition coefficient (Wildman–Crippen LogP) is 11.8. The number of hydrogen-bond donors (Lipinski definition) is 0. The van der Waals surface area contributed by atoms with Crippen molar-refractivity contribution in [3.8, 4) is 0 Å². The number of rotatable bonds is 21. The Morgan fingerprint density at radius 3 is 0.785 bits per heavy atom. The summed E-state index contributed by atoms with van der Waals surface area (Å²) in [4.78, 5) is 42.0. The van der Waals surface area contributed by atoms with Gasteiger partial charge in [-0.1, -0.05) is 202 Å². The minimum absolute atomic E-state index is 0.00478. The summed E-state index contributed by atoms with van der Waals surface area (Å²) >= 11 is 0. The van der Waals surface area contributed by atoms with Crippen molar-refractivity contribution in [2.45, 2.75) is 57.4 Å². The molecule has 0 aliphatic carbocycles. The van der Waals surface area contributed by atoms with Crippen molar-refractivity contribution < 1.29 is 46.7 Å². The maximum absolute atomic E-state index is 17.1. The van der Waals surface area contributed by atoms with E-state index in [2.05, 4.69) is 19.7 Å². The Morgan fingerprint density at radius 1 is 0.385 bits per heavy atom. The van der Waals surface area contributed by atoms with E-state index in [-0.39, 0.29) is 52.7 Å². The van der Waals surface area contributed by atoms with Crippen LogP contribution in [0.3, 0.4) is 0 Å². The second-order valence-electron chi connectivity index (χ2n) is 15.6. The normalized spacial score (nSPS) is 14.8. The maximum Gasteiger partial charge on any atom is 0.485 e. The van der Waals surface area contributed by atoms with Crippen LogP contribution in [0.1, 0.15) is 54.2 Å². The lowest BCUT2D eigenvalue weighted by Gasteiger charge is -2.43. The molecule has 65 heavy (non-hydrogen) atoms. The first-order chi connectivity index (χ1) is 31.2. The standard InChI is InChI=1S/C54H51O10P/c1-40(2)49(55)59-52(46-31-19-10-20-32-46,37-43-25-13-7-14-26-43)62-65(58,63-53(60-50(56)41(3)4,47-33-21-11-22-34-47)38-44-27-15-8-16-28-44)64-54(61-51(57)42(5)6,48-35-23-12-24-36-48)39-45-29-17-9-18-30-45/h7-36H,1,3,5,37-39H2,2,4,6H3. The van der Waals surface area contributed by atoms with Crippen LogP contribution < -0.4 is 0 Å². The van der Waals surface area contributed by atoms with E-state index >= 15 is 4.57 Å². The average Bonchev–Trinajstić information content (AvgIpc) is 3.30. The molecule has 6 aromatic rings. The van der Waals surface area contributed by atoms with Gasteiger partial charge < -0.3 is 14.2 Å². The van der Waals surface area contributed by atoms with Crippen LogP contribution in [-0.2, 0) is 83.4 Å². The predicted molar refractivity (Wildman–Crippen MR) is 248 cm³/mol. The first-order valence-corrected chi connectivity index (χ1v) is 22.3. The highest BCUT2D eigenvalue weighted by Gasteiger charge is 2.57. The van der Waals surface area contributed by atoms with Crippen LogP contribution >= 0.6 is 7.82 Å². The van der Waals surface area contributed by atoms with Gasteiger partial charge in [0.05, 0.1) is 0 Å². The molecular formula is C54H51O10P. The van der Waals surface area contributed by atoms with Crippen LogP contribution in [0.25, 0.3) is 0 Å². The lowest BCUT2D eigenvalue weighted by molar-refractivity contribution is -0.250. The van der Waals surface area contributed by atoms with E-state index in [4.69, 9.17) is 27.8 Å². The van der Waals surface area contributed by atoms with E-state index in [0.717, 1.165) is 0 Å². The van der Waals surface area contributed by atoms with Crippen LogP contribution in [0.2, 0.25) is 0 Å². The van der Waals surface area contributed by atoms with Gasteiger partial charge in [-0.2, -0.15) is 0 Å². The molecule has 0 aromatic heterocycles. The molecule has 3 unspecified atom stereocenters. The summed E-state index contributed by atoms with van der Waals surface area (Å²) in [6.07, 6.45) is -0.795. The summed E-state index contributed by atoms with van der Waals surface area (Å²) in [6, 6.07) is 52.0. The monoisotopic (exact) mass is 890 g/mol. The maximum atomic E-state index is 17.1. The zero-order valence-electron chi connectivity index (χ0n) is 36.6. The summed E-state index contributed by atoms with van der Waals surface area (Å²) in [5.74, 6) is -9.78. The lowest BCUT2D eigenvalue weighted by atomic mass is 9.97. The number of phosphoric ester groups is 1. The molecule has 0 amide bonds.